The summed E-state index contributed by atoms with van der Waals surface area (Å²) in [4.78, 5) is 0. The zero-order valence-electron chi connectivity index (χ0n) is 9.88. The molecule has 0 aromatic heterocycles. The molecule has 84 valence electrons. The zero-order chi connectivity index (χ0) is 10.4. The minimum Gasteiger partial charge on any atom is -0.316 e. The van der Waals surface area contributed by atoms with Crippen molar-refractivity contribution in [3.05, 3.63) is 0 Å². The molecule has 1 rings (SSSR count). The molecule has 1 fully saturated rings. The van der Waals surface area contributed by atoms with E-state index in [1.54, 1.807) is 0 Å². The molecule has 0 aromatic rings. The van der Waals surface area contributed by atoms with E-state index in [0.717, 1.165) is 17.9 Å². The van der Waals surface area contributed by atoms with Crippen LogP contribution in [0.5, 0.6) is 0 Å². The summed E-state index contributed by atoms with van der Waals surface area (Å²) >= 11 is 2.07. The van der Waals surface area contributed by atoms with E-state index in [1.807, 2.05) is 0 Å². The van der Waals surface area contributed by atoms with Crippen molar-refractivity contribution in [2.75, 3.05) is 18.6 Å². The summed E-state index contributed by atoms with van der Waals surface area (Å²) in [6, 6.07) is 0.757. The van der Waals surface area contributed by atoms with Crippen molar-refractivity contribution in [3.8, 4) is 0 Å². The zero-order valence-corrected chi connectivity index (χ0v) is 10.7. The molecule has 14 heavy (non-hydrogen) atoms. The predicted molar refractivity (Wildman–Crippen MR) is 67.0 cm³/mol. The third-order valence-corrected chi connectivity index (χ3v) is 4.50. The van der Waals surface area contributed by atoms with Gasteiger partial charge in [-0.1, -0.05) is 26.7 Å². The average Bonchev–Trinajstić information content (AvgIpc) is 2.21. The molecular weight excluding hydrogens is 190 g/mol. The molecule has 0 heterocycles. The first-order valence-corrected chi connectivity index (χ1v) is 7.18. The van der Waals surface area contributed by atoms with Gasteiger partial charge in [-0.2, -0.15) is 11.8 Å². The van der Waals surface area contributed by atoms with E-state index in [9.17, 15) is 0 Å². The van der Waals surface area contributed by atoms with Crippen LogP contribution in [0.1, 0.15) is 39.5 Å². The van der Waals surface area contributed by atoms with Gasteiger partial charge in [-0.3, -0.25) is 0 Å². The van der Waals surface area contributed by atoms with Crippen LogP contribution in [0, 0.1) is 11.8 Å². The minimum atomic E-state index is 0.757. The van der Waals surface area contributed by atoms with Crippen LogP contribution in [0.25, 0.3) is 0 Å². The molecule has 0 spiro atoms. The molecule has 1 aliphatic rings. The molecule has 1 unspecified atom stereocenters. The third kappa shape index (κ3) is 3.82. The van der Waals surface area contributed by atoms with E-state index < -0.39 is 0 Å². The van der Waals surface area contributed by atoms with Crippen molar-refractivity contribution >= 4 is 11.8 Å². The maximum absolute atomic E-state index is 3.50. The average molecular weight is 215 g/mol. The first kappa shape index (κ1) is 12.4. The second-order valence-corrected chi connectivity index (χ2v) is 5.89. The predicted octanol–water partition coefficient (Wildman–Crippen LogP) is 3.15. The number of nitrogens with one attached hydrogen (secondary N) is 1. The molecule has 1 atom stereocenters. The Balaban J connectivity index is 2.29. The molecule has 1 saturated carbocycles. The van der Waals surface area contributed by atoms with Crippen molar-refractivity contribution in [3.63, 3.8) is 0 Å². The fraction of sp³-hybridized carbons (Fsp3) is 1.00. The lowest BCUT2D eigenvalue weighted by Gasteiger charge is -2.32. The highest BCUT2D eigenvalue weighted by atomic mass is 32.2. The van der Waals surface area contributed by atoms with Crippen LogP contribution >= 0.6 is 11.8 Å². The topological polar surface area (TPSA) is 12.0 Å². The van der Waals surface area contributed by atoms with Gasteiger partial charge in [-0.05, 0) is 37.5 Å². The molecule has 2 heteroatoms. The molecular formula is C12H25NS. The van der Waals surface area contributed by atoms with Crippen LogP contribution in [0.4, 0.5) is 0 Å². The Morgan fingerprint density at radius 2 is 1.93 bits per heavy atom. The van der Waals surface area contributed by atoms with Crippen molar-refractivity contribution in [1.29, 1.82) is 0 Å². The fourth-order valence-electron chi connectivity index (χ4n) is 2.39. The largest absolute Gasteiger partial charge is 0.316 e. The Hall–Kier alpha value is 0.310. The van der Waals surface area contributed by atoms with Gasteiger partial charge in [-0.15, -0.1) is 0 Å². The minimum absolute atomic E-state index is 0.757. The van der Waals surface area contributed by atoms with Crippen molar-refractivity contribution in [2.45, 2.75) is 45.6 Å². The van der Waals surface area contributed by atoms with Gasteiger partial charge >= 0.3 is 0 Å². The van der Waals surface area contributed by atoms with Crippen molar-refractivity contribution < 1.29 is 0 Å². The monoisotopic (exact) mass is 215 g/mol. The Morgan fingerprint density at radius 3 is 2.43 bits per heavy atom. The maximum atomic E-state index is 3.50. The van der Waals surface area contributed by atoms with Gasteiger partial charge in [0.1, 0.15) is 0 Å². The third-order valence-electron chi connectivity index (χ3n) is 3.50. The Bertz CT molecular complexity index is 139. The molecule has 0 saturated heterocycles. The molecule has 0 bridgehead atoms. The second kappa shape index (κ2) is 6.73. The molecule has 1 aliphatic carbocycles. The summed E-state index contributed by atoms with van der Waals surface area (Å²) in [6.45, 7) is 4.64. The Labute approximate surface area is 93.4 Å². The van der Waals surface area contributed by atoms with Crippen LogP contribution in [-0.4, -0.2) is 24.6 Å². The van der Waals surface area contributed by atoms with Crippen LogP contribution in [0.3, 0.4) is 0 Å². The van der Waals surface area contributed by atoms with Crippen molar-refractivity contribution in [2.24, 2.45) is 11.8 Å². The summed E-state index contributed by atoms with van der Waals surface area (Å²) in [5.41, 5.74) is 0. The number of hydrogen-bond donors (Lipinski definition) is 1. The second-order valence-electron chi connectivity index (χ2n) is 4.57. The van der Waals surface area contributed by atoms with E-state index in [4.69, 9.17) is 0 Å². The fourth-order valence-corrected chi connectivity index (χ4v) is 3.32. The molecule has 0 aliphatic heterocycles. The van der Waals surface area contributed by atoms with Gasteiger partial charge in [0.25, 0.3) is 0 Å². The first-order valence-electron chi connectivity index (χ1n) is 6.03. The van der Waals surface area contributed by atoms with Gasteiger partial charge in [0.15, 0.2) is 0 Å². The smallest absolute Gasteiger partial charge is 0.0183 e. The number of hydrogen-bond acceptors (Lipinski definition) is 2. The van der Waals surface area contributed by atoms with Gasteiger partial charge in [0.2, 0.25) is 0 Å². The molecule has 0 aromatic carbocycles. The number of rotatable bonds is 5. The van der Waals surface area contributed by atoms with Gasteiger partial charge in [0.05, 0.1) is 0 Å². The molecule has 1 nitrogen and oxygen atoms in total. The van der Waals surface area contributed by atoms with Crippen molar-refractivity contribution in [1.82, 2.24) is 5.32 Å². The van der Waals surface area contributed by atoms with E-state index >= 15 is 0 Å². The summed E-state index contributed by atoms with van der Waals surface area (Å²) in [5.74, 6) is 4.46. The molecule has 0 radical (unpaired) electrons. The molecule has 1 N–H and O–H groups in total. The summed E-state index contributed by atoms with van der Waals surface area (Å²) in [7, 11) is 2.12. The summed E-state index contributed by atoms with van der Waals surface area (Å²) in [6.07, 6.45) is 5.77. The van der Waals surface area contributed by atoms with E-state index in [0.29, 0.717) is 0 Å². The van der Waals surface area contributed by atoms with Gasteiger partial charge in [-0.25, -0.2) is 0 Å². The number of thioether (sulfide) groups is 1. The quantitative estimate of drug-likeness (QED) is 0.756. The maximum Gasteiger partial charge on any atom is 0.0183 e. The van der Waals surface area contributed by atoms with Crippen LogP contribution in [0.2, 0.25) is 0 Å². The lowest BCUT2D eigenvalue weighted by molar-refractivity contribution is 0.248. The molecule has 0 amide bonds. The first-order chi connectivity index (χ1) is 6.77. The van der Waals surface area contributed by atoms with E-state index in [2.05, 4.69) is 38.0 Å². The van der Waals surface area contributed by atoms with E-state index in [-0.39, 0.29) is 0 Å². The highest BCUT2D eigenvalue weighted by Gasteiger charge is 2.24. The SMILES string of the molecule is CCSCC(NC)C1CCC(C)CC1. The summed E-state index contributed by atoms with van der Waals surface area (Å²) < 4.78 is 0. The van der Waals surface area contributed by atoms with Crippen LogP contribution < -0.4 is 5.32 Å². The lowest BCUT2D eigenvalue weighted by Crippen LogP contribution is -2.37. The normalized spacial score (nSPS) is 30.2. The Kier molecular flexibility index (Phi) is 5.95. The van der Waals surface area contributed by atoms with Crippen LogP contribution in [-0.2, 0) is 0 Å². The van der Waals surface area contributed by atoms with Gasteiger partial charge < -0.3 is 5.32 Å². The highest BCUT2D eigenvalue weighted by molar-refractivity contribution is 7.99. The standard InChI is InChI=1S/C12H25NS/c1-4-14-9-12(13-3)11-7-5-10(2)6-8-11/h10-13H,4-9H2,1-3H3. The lowest BCUT2D eigenvalue weighted by atomic mass is 9.80. The van der Waals surface area contributed by atoms with Gasteiger partial charge in [0, 0.05) is 11.8 Å². The summed E-state index contributed by atoms with van der Waals surface area (Å²) in [5, 5.41) is 3.50. The van der Waals surface area contributed by atoms with Crippen LogP contribution in [0.15, 0.2) is 0 Å². The van der Waals surface area contributed by atoms with E-state index in [1.165, 1.54) is 37.2 Å². The highest BCUT2D eigenvalue weighted by Crippen LogP contribution is 2.31. The Morgan fingerprint density at radius 1 is 1.29 bits per heavy atom.